The molecule has 3 nitrogen and oxygen atoms in total. The second-order valence-corrected chi connectivity index (χ2v) is 9.12. The van der Waals surface area contributed by atoms with E-state index < -0.39 is 0 Å². The molecule has 2 N–H and O–H groups in total. The van der Waals surface area contributed by atoms with Crippen LogP contribution in [0.4, 0.5) is 0 Å². The molecule has 0 heterocycles. The van der Waals surface area contributed by atoms with Crippen molar-refractivity contribution in [3.63, 3.8) is 0 Å². The van der Waals surface area contributed by atoms with E-state index in [-0.39, 0.29) is 11.4 Å². The Morgan fingerprint density at radius 1 is 1.05 bits per heavy atom. The van der Waals surface area contributed by atoms with Gasteiger partial charge in [-0.3, -0.25) is 4.79 Å². The fraction of sp³-hybridized carbons (Fsp3) is 0.944. The van der Waals surface area contributed by atoms with Gasteiger partial charge in [0.1, 0.15) is 0 Å². The summed E-state index contributed by atoms with van der Waals surface area (Å²) in [5.41, 5.74) is 0.558. The Morgan fingerprint density at radius 3 is 2.05 bits per heavy atom. The molecular formula is C18H32N2O. The minimum Gasteiger partial charge on any atom is -0.356 e. The molecule has 4 fully saturated rings. The Labute approximate surface area is 129 Å². The lowest BCUT2D eigenvalue weighted by atomic mass is 9.49. The molecule has 4 aliphatic carbocycles. The van der Waals surface area contributed by atoms with Gasteiger partial charge in [-0.1, -0.05) is 0 Å². The van der Waals surface area contributed by atoms with Crippen molar-refractivity contribution < 1.29 is 4.79 Å². The second kappa shape index (κ2) is 5.57. The van der Waals surface area contributed by atoms with Crippen molar-refractivity contribution in [1.29, 1.82) is 0 Å². The first-order valence-corrected chi connectivity index (χ1v) is 8.85. The van der Waals surface area contributed by atoms with Gasteiger partial charge in [-0.15, -0.1) is 0 Å². The summed E-state index contributed by atoms with van der Waals surface area (Å²) >= 11 is 0. The van der Waals surface area contributed by atoms with Crippen LogP contribution >= 0.6 is 0 Å². The van der Waals surface area contributed by atoms with Crippen LogP contribution in [0.2, 0.25) is 0 Å². The van der Waals surface area contributed by atoms with Crippen molar-refractivity contribution in [1.82, 2.24) is 10.6 Å². The van der Waals surface area contributed by atoms with Crippen LogP contribution in [0.3, 0.4) is 0 Å². The largest absolute Gasteiger partial charge is 0.356 e. The van der Waals surface area contributed by atoms with Gasteiger partial charge in [0.05, 0.1) is 0 Å². The average molecular weight is 292 g/mol. The van der Waals surface area contributed by atoms with Crippen molar-refractivity contribution in [2.24, 2.45) is 23.2 Å². The SMILES string of the molecule is CC(C)(C)NCCC(=O)NCC12CC3CC(CC(C3)C1)C2. The highest BCUT2D eigenvalue weighted by atomic mass is 16.1. The quantitative estimate of drug-likeness (QED) is 0.817. The zero-order chi connectivity index (χ0) is 15.1. The third kappa shape index (κ3) is 3.80. The number of hydrogen-bond acceptors (Lipinski definition) is 2. The Balaban J connectivity index is 1.44. The molecule has 4 bridgehead atoms. The lowest BCUT2D eigenvalue weighted by Crippen LogP contribution is -2.51. The van der Waals surface area contributed by atoms with Crippen LogP contribution in [0.15, 0.2) is 0 Å². The van der Waals surface area contributed by atoms with Crippen LogP contribution in [-0.4, -0.2) is 24.5 Å². The molecule has 4 rings (SSSR count). The molecular weight excluding hydrogens is 260 g/mol. The minimum absolute atomic E-state index is 0.0974. The molecule has 3 heteroatoms. The number of rotatable bonds is 5. The monoisotopic (exact) mass is 292 g/mol. The molecule has 120 valence electrons. The van der Waals surface area contributed by atoms with Gasteiger partial charge in [0.25, 0.3) is 0 Å². The lowest BCUT2D eigenvalue weighted by molar-refractivity contribution is -0.123. The van der Waals surface area contributed by atoms with E-state index in [2.05, 4.69) is 31.4 Å². The molecule has 1 amide bonds. The second-order valence-electron chi connectivity index (χ2n) is 9.12. The maximum absolute atomic E-state index is 12.1. The molecule has 4 saturated carbocycles. The summed E-state index contributed by atoms with van der Waals surface area (Å²) in [5, 5.41) is 6.63. The molecule has 0 aromatic carbocycles. The summed E-state index contributed by atoms with van der Waals surface area (Å²) in [4.78, 5) is 12.1. The fourth-order valence-electron chi connectivity index (χ4n) is 5.43. The smallest absolute Gasteiger partial charge is 0.221 e. The molecule has 4 aliphatic rings. The molecule has 0 aliphatic heterocycles. The molecule has 0 saturated heterocycles. The van der Waals surface area contributed by atoms with Gasteiger partial charge in [-0.05, 0) is 82.5 Å². The number of nitrogens with one attached hydrogen (secondary N) is 2. The van der Waals surface area contributed by atoms with Gasteiger partial charge < -0.3 is 10.6 Å². The minimum atomic E-state index is 0.0974. The molecule has 0 atom stereocenters. The van der Waals surface area contributed by atoms with E-state index >= 15 is 0 Å². The first kappa shape index (κ1) is 15.3. The Hall–Kier alpha value is -0.570. The summed E-state index contributed by atoms with van der Waals surface area (Å²) < 4.78 is 0. The van der Waals surface area contributed by atoms with Gasteiger partial charge in [0.15, 0.2) is 0 Å². The van der Waals surface area contributed by atoms with Gasteiger partial charge in [0, 0.05) is 25.0 Å². The summed E-state index contributed by atoms with van der Waals surface area (Å²) in [6.45, 7) is 8.13. The predicted molar refractivity (Wildman–Crippen MR) is 86.0 cm³/mol. The topological polar surface area (TPSA) is 41.1 Å². The van der Waals surface area contributed by atoms with Crippen LogP contribution in [0.1, 0.15) is 65.7 Å². The summed E-state index contributed by atoms with van der Waals surface area (Å²) in [6.07, 6.45) is 9.15. The summed E-state index contributed by atoms with van der Waals surface area (Å²) in [5.74, 6) is 3.13. The van der Waals surface area contributed by atoms with Crippen molar-refractivity contribution in [3.8, 4) is 0 Å². The standard InChI is InChI=1S/C18H32N2O/c1-17(2,3)20-5-4-16(21)19-12-18-9-13-6-14(10-18)8-15(7-13)11-18/h13-15,20H,4-12H2,1-3H3,(H,19,21). The van der Waals surface area contributed by atoms with E-state index in [0.717, 1.165) is 30.8 Å². The van der Waals surface area contributed by atoms with E-state index in [1.54, 1.807) is 0 Å². The third-order valence-electron chi connectivity index (χ3n) is 5.83. The Morgan fingerprint density at radius 2 is 1.57 bits per heavy atom. The Kier molecular flexibility index (Phi) is 4.06. The number of carbonyl (C=O) groups is 1. The van der Waals surface area contributed by atoms with E-state index in [1.807, 2.05) is 0 Å². The average Bonchev–Trinajstić information content (AvgIpc) is 2.33. The predicted octanol–water partition coefficient (Wildman–Crippen LogP) is 3.10. The normalized spacial score (nSPS) is 37.8. The van der Waals surface area contributed by atoms with Crippen LogP contribution in [0.5, 0.6) is 0 Å². The van der Waals surface area contributed by atoms with Crippen LogP contribution < -0.4 is 10.6 Å². The number of hydrogen-bond donors (Lipinski definition) is 2. The molecule has 0 unspecified atom stereocenters. The first-order chi connectivity index (χ1) is 9.84. The Bertz CT molecular complexity index is 361. The third-order valence-corrected chi connectivity index (χ3v) is 5.83. The van der Waals surface area contributed by atoms with E-state index in [4.69, 9.17) is 0 Å². The van der Waals surface area contributed by atoms with Crippen LogP contribution in [-0.2, 0) is 4.79 Å². The zero-order valence-corrected chi connectivity index (χ0v) is 14.0. The van der Waals surface area contributed by atoms with E-state index in [9.17, 15) is 4.79 Å². The van der Waals surface area contributed by atoms with Crippen molar-refractivity contribution in [2.75, 3.05) is 13.1 Å². The zero-order valence-electron chi connectivity index (χ0n) is 14.0. The fourth-order valence-corrected chi connectivity index (χ4v) is 5.43. The lowest BCUT2D eigenvalue weighted by Gasteiger charge is -2.56. The van der Waals surface area contributed by atoms with Crippen molar-refractivity contribution in [2.45, 2.75) is 71.3 Å². The van der Waals surface area contributed by atoms with E-state index in [0.29, 0.717) is 11.8 Å². The molecule has 0 radical (unpaired) electrons. The summed E-state index contributed by atoms with van der Waals surface area (Å²) in [6, 6.07) is 0. The molecule has 0 aromatic rings. The van der Waals surface area contributed by atoms with Gasteiger partial charge in [0.2, 0.25) is 5.91 Å². The number of amides is 1. The van der Waals surface area contributed by atoms with Crippen molar-refractivity contribution >= 4 is 5.91 Å². The van der Waals surface area contributed by atoms with Crippen molar-refractivity contribution in [3.05, 3.63) is 0 Å². The first-order valence-electron chi connectivity index (χ1n) is 8.85. The van der Waals surface area contributed by atoms with Gasteiger partial charge in [-0.2, -0.15) is 0 Å². The van der Waals surface area contributed by atoms with Gasteiger partial charge >= 0.3 is 0 Å². The highest BCUT2D eigenvalue weighted by Gasteiger charge is 2.50. The molecule has 0 aromatic heterocycles. The van der Waals surface area contributed by atoms with Crippen LogP contribution in [0, 0.1) is 23.2 Å². The maximum Gasteiger partial charge on any atom is 0.221 e. The van der Waals surface area contributed by atoms with Gasteiger partial charge in [-0.25, -0.2) is 0 Å². The highest BCUT2D eigenvalue weighted by Crippen LogP contribution is 2.59. The molecule has 21 heavy (non-hydrogen) atoms. The highest BCUT2D eigenvalue weighted by molar-refractivity contribution is 5.76. The maximum atomic E-state index is 12.1. The van der Waals surface area contributed by atoms with E-state index in [1.165, 1.54) is 38.5 Å². The molecule has 0 spiro atoms. The van der Waals surface area contributed by atoms with Crippen LogP contribution in [0.25, 0.3) is 0 Å². The summed E-state index contributed by atoms with van der Waals surface area (Å²) in [7, 11) is 0. The number of carbonyl (C=O) groups excluding carboxylic acids is 1.